The standard InChI is InChI=1S/C27H26Cl4N4/c28-22-6-2-20(3-7-22)26(32)27(21-4-8-23(29)9-5-21)33-11-12-34-13-15-35(16-14-34)18-19-1-10-24(30)25(31)17-19/h1-11,17H,12-16,18,32H2/b27-26-,33-11-. The fourth-order valence-electron chi connectivity index (χ4n) is 3.95. The topological polar surface area (TPSA) is 44.9 Å². The van der Waals surface area contributed by atoms with Gasteiger partial charge in [0.25, 0.3) is 0 Å². The summed E-state index contributed by atoms with van der Waals surface area (Å²) in [5, 5.41) is 2.52. The zero-order chi connectivity index (χ0) is 24.8. The van der Waals surface area contributed by atoms with E-state index in [1.165, 1.54) is 5.56 Å². The van der Waals surface area contributed by atoms with E-state index in [-0.39, 0.29) is 0 Å². The Balaban J connectivity index is 1.40. The molecule has 2 N–H and O–H groups in total. The maximum absolute atomic E-state index is 6.54. The number of hydrogen-bond donors (Lipinski definition) is 1. The van der Waals surface area contributed by atoms with Gasteiger partial charge in [0.05, 0.1) is 21.4 Å². The molecule has 0 radical (unpaired) electrons. The van der Waals surface area contributed by atoms with Crippen molar-refractivity contribution in [3.63, 3.8) is 0 Å². The van der Waals surface area contributed by atoms with Crippen LogP contribution in [0.25, 0.3) is 11.4 Å². The smallest absolute Gasteiger partial charge is 0.0933 e. The van der Waals surface area contributed by atoms with Crippen molar-refractivity contribution in [2.24, 2.45) is 10.7 Å². The Hall–Kier alpha value is -2.05. The van der Waals surface area contributed by atoms with E-state index in [1.807, 2.05) is 72.9 Å². The summed E-state index contributed by atoms with van der Waals surface area (Å²) in [5.74, 6) is 0. The number of halogens is 4. The maximum atomic E-state index is 6.54. The number of hydrogen-bond acceptors (Lipinski definition) is 4. The molecule has 1 saturated heterocycles. The first kappa shape index (κ1) is 26.0. The quantitative estimate of drug-likeness (QED) is 0.256. The van der Waals surface area contributed by atoms with E-state index in [9.17, 15) is 0 Å². The Labute approximate surface area is 226 Å². The SMILES string of the molecule is N/C(=C(\N=C/CN1CCN(Cc2ccc(Cl)c(Cl)c2)CC1)c1ccc(Cl)cc1)c1ccc(Cl)cc1. The molecule has 1 heterocycles. The Kier molecular flexibility index (Phi) is 9.12. The average Bonchev–Trinajstić information content (AvgIpc) is 2.86. The molecule has 0 atom stereocenters. The van der Waals surface area contributed by atoms with E-state index in [4.69, 9.17) is 57.1 Å². The van der Waals surface area contributed by atoms with Crippen LogP contribution >= 0.6 is 46.4 Å². The zero-order valence-corrected chi connectivity index (χ0v) is 22.1. The summed E-state index contributed by atoms with van der Waals surface area (Å²) in [6.45, 7) is 5.47. The van der Waals surface area contributed by atoms with Gasteiger partial charge in [0, 0.05) is 61.1 Å². The van der Waals surface area contributed by atoms with Crippen molar-refractivity contribution in [1.29, 1.82) is 0 Å². The van der Waals surface area contributed by atoms with Crippen LogP contribution < -0.4 is 5.73 Å². The highest BCUT2D eigenvalue weighted by Gasteiger charge is 2.17. The third-order valence-electron chi connectivity index (χ3n) is 5.94. The number of benzene rings is 3. The first-order valence-corrected chi connectivity index (χ1v) is 12.8. The lowest BCUT2D eigenvalue weighted by Crippen LogP contribution is -2.46. The highest BCUT2D eigenvalue weighted by atomic mass is 35.5. The maximum Gasteiger partial charge on any atom is 0.0933 e. The molecule has 0 bridgehead atoms. The normalized spacial score (nSPS) is 16.0. The highest BCUT2D eigenvalue weighted by Crippen LogP contribution is 2.26. The summed E-state index contributed by atoms with van der Waals surface area (Å²) >= 11 is 24.3. The predicted octanol–water partition coefficient (Wildman–Crippen LogP) is 6.97. The molecule has 3 aromatic rings. The summed E-state index contributed by atoms with van der Waals surface area (Å²) in [4.78, 5) is 9.60. The molecule has 1 aliphatic rings. The van der Waals surface area contributed by atoms with Crippen LogP contribution in [0, 0.1) is 0 Å². The van der Waals surface area contributed by atoms with Crippen LogP contribution in [0.4, 0.5) is 0 Å². The van der Waals surface area contributed by atoms with E-state index < -0.39 is 0 Å². The lowest BCUT2D eigenvalue weighted by atomic mass is 10.1. The fourth-order valence-corrected chi connectivity index (χ4v) is 4.52. The van der Waals surface area contributed by atoms with Gasteiger partial charge in [0.15, 0.2) is 0 Å². The molecule has 8 heteroatoms. The Morgan fingerprint density at radius 3 is 1.91 bits per heavy atom. The van der Waals surface area contributed by atoms with Crippen molar-refractivity contribution in [2.75, 3.05) is 32.7 Å². The van der Waals surface area contributed by atoms with Gasteiger partial charge in [0.2, 0.25) is 0 Å². The van der Waals surface area contributed by atoms with Crippen LogP contribution in [0.5, 0.6) is 0 Å². The summed E-state index contributed by atoms with van der Waals surface area (Å²) in [6.07, 6.45) is 1.93. The van der Waals surface area contributed by atoms with Crippen molar-refractivity contribution in [2.45, 2.75) is 6.54 Å². The molecule has 182 valence electrons. The van der Waals surface area contributed by atoms with Gasteiger partial charge in [-0.2, -0.15) is 0 Å². The Morgan fingerprint density at radius 1 is 0.743 bits per heavy atom. The van der Waals surface area contributed by atoms with E-state index in [0.717, 1.165) is 50.4 Å². The van der Waals surface area contributed by atoms with Crippen LogP contribution in [-0.2, 0) is 6.54 Å². The number of piperazine rings is 1. The monoisotopic (exact) mass is 546 g/mol. The van der Waals surface area contributed by atoms with Crippen molar-refractivity contribution >= 4 is 64.0 Å². The van der Waals surface area contributed by atoms with Crippen molar-refractivity contribution in [1.82, 2.24) is 9.80 Å². The minimum absolute atomic E-state index is 0.586. The van der Waals surface area contributed by atoms with Crippen LogP contribution in [-0.4, -0.2) is 48.7 Å². The second-order valence-corrected chi connectivity index (χ2v) is 10.1. The molecule has 35 heavy (non-hydrogen) atoms. The second-order valence-electron chi connectivity index (χ2n) is 8.41. The van der Waals surface area contributed by atoms with Crippen LogP contribution in [0.15, 0.2) is 71.7 Å². The van der Waals surface area contributed by atoms with Gasteiger partial charge in [-0.1, -0.05) is 76.7 Å². The van der Waals surface area contributed by atoms with Gasteiger partial charge in [-0.05, 0) is 47.5 Å². The molecule has 4 nitrogen and oxygen atoms in total. The Morgan fingerprint density at radius 2 is 1.31 bits per heavy atom. The van der Waals surface area contributed by atoms with Gasteiger partial charge < -0.3 is 5.73 Å². The summed E-state index contributed by atoms with van der Waals surface area (Å²) in [7, 11) is 0. The molecule has 0 aromatic heterocycles. The minimum Gasteiger partial charge on any atom is -0.396 e. The van der Waals surface area contributed by atoms with Crippen molar-refractivity contribution in [3.05, 3.63) is 104 Å². The molecule has 3 aromatic carbocycles. The minimum atomic E-state index is 0.586. The molecular formula is C27H26Cl4N4. The summed E-state index contributed by atoms with van der Waals surface area (Å²) in [6, 6.07) is 20.8. The number of aliphatic imine (C=N–C) groups is 1. The van der Waals surface area contributed by atoms with Crippen LogP contribution in [0.2, 0.25) is 20.1 Å². The number of nitrogens with zero attached hydrogens (tertiary/aromatic N) is 3. The lowest BCUT2D eigenvalue weighted by molar-refractivity contribution is 0.141. The van der Waals surface area contributed by atoms with Gasteiger partial charge >= 0.3 is 0 Å². The molecule has 4 rings (SSSR count). The summed E-state index contributed by atoms with van der Waals surface area (Å²) < 4.78 is 0. The van der Waals surface area contributed by atoms with Crippen molar-refractivity contribution in [3.8, 4) is 0 Å². The molecule has 1 fully saturated rings. The predicted molar refractivity (Wildman–Crippen MR) is 151 cm³/mol. The van der Waals surface area contributed by atoms with Crippen molar-refractivity contribution < 1.29 is 0 Å². The van der Waals surface area contributed by atoms with Gasteiger partial charge in [-0.3, -0.25) is 14.8 Å². The summed E-state index contributed by atoms with van der Waals surface area (Å²) in [5.41, 5.74) is 10.8. The largest absolute Gasteiger partial charge is 0.396 e. The van der Waals surface area contributed by atoms with Crippen LogP contribution in [0.1, 0.15) is 16.7 Å². The van der Waals surface area contributed by atoms with E-state index in [1.54, 1.807) is 0 Å². The molecule has 0 spiro atoms. The lowest BCUT2D eigenvalue weighted by Gasteiger charge is -2.34. The molecule has 0 unspecified atom stereocenters. The first-order chi connectivity index (χ1) is 16.9. The zero-order valence-electron chi connectivity index (χ0n) is 19.1. The average molecular weight is 548 g/mol. The van der Waals surface area contributed by atoms with E-state index >= 15 is 0 Å². The number of nitrogens with two attached hydrogens (primary N) is 1. The molecule has 0 amide bonds. The third kappa shape index (κ3) is 7.23. The molecular weight excluding hydrogens is 522 g/mol. The first-order valence-electron chi connectivity index (χ1n) is 11.3. The molecule has 0 aliphatic carbocycles. The van der Waals surface area contributed by atoms with Crippen LogP contribution in [0.3, 0.4) is 0 Å². The number of rotatable bonds is 7. The van der Waals surface area contributed by atoms with Gasteiger partial charge in [-0.15, -0.1) is 0 Å². The van der Waals surface area contributed by atoms with Gasteiger partial charge in [-0.25, -0.2) is 0 Å². The van der Waals surface area contributed by atoms with E-state index in [0.29, 0.717) is 31.5 Å². The van der Waals surface area contributed by atoms with Gasteiger partial charge in [0.1, 0.15) is 0 Å². The van der Waals surface area contributed by atoms with E-state index in [2.05, 4.69) is 9.80 Å². The molecule has 1 aliphatic heterocycles. The second kappa shape index (κ2) is 12.3. The molecule has 0 saturated carbocycles. The fraction of sp³-hybridized carbons (Fsp3) is 0.222. The highest BCUT2D eigenvalue weighted by molar-refractivity contribution is 6.42. The third-order valence-corrected chi connectivity index (χ3v) is 7.19. The Bertz CT molecular complexity index is 1200.